The maximum Gasteiger partial charge on any atom is 0.285 e. The highest BCUT2D eigenvalue weighted by molar-refractivity contribution is 6.29. The summed E-state index contributed by atoms with van der Waals surface area (Å²) in [5.41, 5.74) is 1.26. The lowest BCUT2D eigenvalue weighted by molar-refractivity contribution is 0.0186. The molecule has 0 spiro atoms. The zero-order valence-electron chi connectivity index (χ0n) is 13.3. The van der Waals surface area contributed by atoms with Gasteiger partial charge in [-0.15, -0.1) is 0 Å². The third kappa shape index (κ3) is 5.10. The summed E-state index contributed by atoms with van der Waals surface area (Å²) in [7, 11) is 0. The molecule has 0 aliphatic rings. The van der Waals surface area contributed by atoms with E-state index < -0.39 is 17.9 Å². The SMILES string of the molecule is C=CC(F)(F)C(C)NC(=O)c1ccc(C#Cc2ccnc(Cl)c2)cn1. The number of halogens is 3. The highest BCUT2D eigenvalue weighted by atomic mass is 35.5. The first-order valence-corrected chi connectivity index (χ1v) is 7.61. The molecule has 0 fully saturated rings. The van der Waals surface area contributed by atoms with Gasteiger partial charge in [0.05, 0.1) is 6.04 Å². The number of amides is 1. The van der Waals surface area contributed by atoms with Crippen LogP contribution in [0.1, 0.15) is 28.5 Å². The molecule has 4 nitrogen and oxygen atoms in total. The molecule has 2 aromatic heterocycles. The van der Waals surface area contributed by atoms with Crippen LogP contribution in [-0.4, -0.2) is 27.8 Å². The van der Waals surface area contributed by atoms with Crippen LogP contribution in [0.4, 0.5) is 8.78 Å². The molecule has 2 heterocycles. The summed E-state index contributed by atoms with van der Waals surface area (Å²) in [5, 5.41) is 2.53. The van der Waals surface area contributed by atoms with Gasteiger partial charge in [0.2, 0.25) is 0 Å². The number of alkyl halides is 2. The summed E-state index contributed by atoms with van der Waals surface area (Å²) in [5.74, 6) is 1.85. The second-order valence-corrected chi connectivity index (χ2v) is 5.51. The normalized spacial score (nSPS) is 11.8. The predicted molar refractivity (Wildman–Crippen MR) is 91.5 cm³/mol. The number of carbonyl (C=O) groups excluding carboxylic acids is 1. The van der Waals surface area contributed by atoms with Crippen molar-refractivity contribution < 1.29 is 13.6 Å². The highest BCUT2D eigenvalue weighted by Crippen LogP contribution is 2.19. The van der Waals surface area contributed by atoms with Gasteiger partial charge in [0, 0.05) is 23.5 Å². The fraction of sp³-hybridized carbons (Fsp3) is 0.167. The molecule has 0 radical (unpaired) electrons. The van der Waals surface area contributed by atoms with Gasteiger partial charge in [0.1, 0.15) is 10.8 Å². The summed E-state index contributed by atoms with van der Waals surface area (Å²) in [4.78, 5) is 19.7. The second kappa shape index (κ2) is 7.86. The Balaban J connectivity index is 2.07. The lowest BCUT2D eigenvalue weighted by Gasteiger charge is -2.20. The van der Waals surface area contributed by atoms with Gasteiger partial charge in [-0.2, -0.15) is 8.78 Å². The van der Waals surface area contributed by atoms with E-state index in [0.29, 0.717) is 22.4 Å². The van der Waals surface area contributed by atoms with Crippen LogP contribution in [0.2, 0.25) is 5.15 Å². The molecular formula is C18H14ClF2N3O. The second-order valence-electron chi connectivity index (χ2n) is 5.12. The van der Waals surface area contributed by atoms with Crippen LogP contribution in [-0.2, 0) is 0 Å². The minimum Gasteiger partial charge on any atom is -0.342 e. The van der Waals surface area contributed by atoms with E-state index in [2.05, 4.69) is 33.7 Å². The highest BCUT2D eigenvalue weighted by Gasteiger charge is 2.33. The van der Waals surface area contributed by atoms with Crippen molar-refractivity contribution in [3.05, 3.63) is 71.3 Å². The van der Waals surface area contributed by atoms with Crippen molar-refractivity contribution >= 4 is 17.5 Å². The molecule has 2 aromatic rings. The fourth-order valence-corrected chi connectivity index (χ4v) is 1.94. The molecule has 0 saturated carbocycles. The van der Waals surface area contributed by atoms with Crippen LogP contribution < -0.4 is 5.32 Å². The van der Waals surface area contributed by atoms with Gasteiger partial charge in [-0.3, -0.25) is 4.79 Å². The van der Waals surface area contributed by atoms with E-state index in [9.17, 15) is 13.6 Å². The van der Waals surface area contributed by atoms with E-state index in [1.54, 1.807) is 18.2 Å². The van der Waals surface area contributed by atoms with Crippen LogP contribution in [0.5, 0.6) is 0 Å². The number of hydrogen-bond donors (Lipinski definition) is 1. The van der Waals surface area contributed by atoms with Crippen molar-refractivity contribution in [2.24, 2.45) is 0 Å². The van der Waals surface area contributed by atoms with E-state index in [0.717, 1.165) is 0 Å². The Morgan fingerprint density at radius 2 is 2.04 bits per heavy atom. The molecule has 1 amide bonds. The smallest absolute Gasteiger partial charge is 0.285 e. The average molecular weight is 362 g/mol. The molecule has 0 aromatic carbocycles. The zero-order chi connectivity index (χ0) is 18.4. The van der Waals surface area contributed by atoms with E-state index >= 15 is 0 Å². The average Bonchev–Trinajstić information content (AvgIpc) is 2.60. The first-order chi connectivity index (χ1) is 11.8. The van der Waals surface area contributed by atoms with Gasteiger partial charge >= 0.3 is 0 Å². The lowest BCUT2D eigenvalue weighted by atomic mass is 10.1. The van der Waals surface area contributed by atoms with E-state index in [4.69, 9.17) is 11.6 Å². The van der Waals surface area contributed by atoms with E-state index in [-0.39, 0.29) is 5.69 Å². The maximum atomic E-state index is 13.4. The summed E-state index contributed by atoms with van der Waals surface area (Å²) in [6, 6.07) is 4.92. The van der Waals surface area contributed by atoms with Crippen LogP contribution >= 0.6 is 11.6 Å². The molecule has 128 valence electrons. The Bertz CT molecular complexity index is 841. The van der Waals surface area contributed by atoms with Crippen LogP contribution in [0.25, 0.3) is 0 Å². The molecule has 25 heavy (non-hydrogen) atoms. The van der Waals surface area contributed by atoms with Crippen molar-refractivity contribution in [2.75, 3.05) is 0 Å². The summed E-state index contributed by atoms with van der Waals surface area (Å²) < 4.78 is 26.8. The minimum absolute atomic E-state index is 0.0178. The largest absolute Gasteiger partial charge is 0.342 e. The van der Waals surface area contributed by atoms with Gasteiger partial charge in [0.25, 0.3) is 11.8 Å². The Kier molecular flexibility index (Phi) is 5.84. The monoisotopic (exact) mass is 361 g/mol. The number of nitrogens with one attached hydrogen (secondary N) is 1. The van der Waals surface area contributed by atoms with Crippen LogP contribution in [0.3, 0.4) is 0 Å². The van der Waals surface area contributed by atoms with Crippen molar-refractivity contribution in [2.45, 2.75) is 18.9 Å². The first-order valence-electron chi connectivity index (χ1n) is 7.24. The molecule has 0 bridgehead atoms. The van der Waals surface area contributed by atoms with Gasteiger partial charge in [0.15, 0.2) is 0 Å². The van der Waals surface area contributed by atoms with Gasteiger partial charge in [-0.25, -0.2) is 9.97 Å². The molecule has 0 aliphatic heterocycles. The quantitative estimate of drug-likeness (QED) is 0.515. The molecule has 2 rings (SSSR count). The van der Waals surface area contributed by atoms with E-state index in [1.165, 1.54) is 25.4 Å². The Labute approximate surface area is 149 Å². The van der Waals surface area contributed by atoms with Crippen molar-refractivity contribution in [1.82, 2.24) is 15.3 Å². The molecule has 1 N–H and O–H groups in total. The van der Waals surface area contributed by atoms with Gasteiger partial charge in [-0.1, -0.05) is 30.0 Å². The molecule has 0 saturated heterocycles. The van der Waals surface area contributed by atoms with Crippen molar-refractivity contribution in [3.8, 4) is 11.8 Å². The number of nitrogens with zero attached hydrogens (tertiary/aromatic N) is 2. The van der Waals surface area contributed by atoms with Crippen molar-refractivity contribution in [1.29, 1.82) is 0 Å². The standard InChI is InChI=1S/C18H14ClF2N3O/c1-3-18(20,21)12(2)24-17(25)15-7-6-14(11-23-15)5-4-13-8-9-22-16(19)10-13/h3,6-12H,1H2,2H3,(H,24,25). The first kappa shape index (κ1) is 18.6. The molecule has 7 heteroatoms. The number of hydrogen-bond acceptors (Lipinski definition) is 3. The van der Waals surface area contributed by atoms with Gasteiger partial charge < -0.3 is 5.32 Å². The third-order valence-electron chi connectivity index (χ3n) is 3.27. The topological polar surface area (TPSA) is 54.9 Å². The third-order valence-corrected chi connectivity index (χ3v) is 3.48. The number of carbonyl (C=O) groups is 1. The van der Waals surface area contributed by atoms with Crippen LogP contribution in [0, 0.1) is 11.8 Å². The predicted octanol–water partition coefficient (Wildman–Crippen LogP) is 3.47. The lowest BCUT2D eigenvalue weighted by Crippen LogP contribution is -2.44. The molecule has 1 unspecified atom stereocenters. The molecular weight excluding hydrogens is 348 g/mol. The van der Waals surface area contributed by atoms with Crippen molar-refractivity contribution in [3.63, 3.8) is 0 Å². The summed E-state index contributed by atoms with van der Waals surface area (Å²) in [6.45, 7) is 4.25. The summed E-state index contributed by atoms with van der Waals surface area (Å²) >= 11 is 5.77. The zero-order valence-corrected chi connectivity index (χ0v) is 14.0. The fourth-order valence-electron chi connectivity index (χ4n) is 1.77. The van der Waals surface area contributed by atoms with Gasteiger partial charge in [-0.05, 0) is 37.3 Å². The Morgan fingerprint density at radius 1 is 1.32 bits per heavy atom. The van der Waals surface area contributed by atoms with Crippen LogP contribution in [0.15, 0.2) is 49.3 Å². The minimum atomic E-state index is -3.20. The van der Waals surface area contributed by atoms with E-state index in [1.807, 2.05) is 0 Å². The number of rotatable bonds is 4. The maximum absolute atomic E-state index is 13.4. The number of aromatic nitrogens is 2. The summed E-state index contributed by atoms with van der Waals surface area (Å²) in [6.07, 6.45) is 3.43. The molecule has 1 atom stereocenters. The molecule has 0 aliphatic carbocycles. The number of pyridine rings is 2. The Hall–Kier alpha value is -2.78. The Morgan fingerprint density at radius 3 is 2.64 bits per heavy atom.